The van der Waals surface area contributed by atoms with Crippen molar-refractivity contribution in [1.82, 2.24) is 5.43 Å². The third kappa shape index (κ3) is 6.92. The molecule has 0 radical (unpaired) electrons. The smallest absolute Gasteiger partial charge is 0.260 e. The average Bonchev–Trinajstić information content (AvgIpc) is 2.85. The Hall–Kier alpha value is -4.18. The summed E-state index contributed by atoms with van der Waals surface area (Å²) in [6, 6.07) is 20.9. The first-order valence-electron chi connectivity index (χ1n) is 11.0. The van der Waals surface area contributed by atoms with Gasteiger partial charge in [0, 0.05) is 11.3 Å². The van der Waals surface area contributed by atoms with E-state index in [2.05, 4.69) is 15.8 Å². The zero-order chi connectivity index (χ0) is 26.3. The lowest BCUT2D eigenvalue weighted by atomic mass is 10.1. The van der Waals surface area contributed by atoms with Gasteiger partial charge in [-0.1, -0.05) is 36.4 Å². The first-order valence-corrected chi connectivity index (χ1v) is 12.9. The van der Waals surface area contributed by atoms with E-state index >= 15 is 0 Å². The first kappa shape index (κ1) is 26.4. The summed E-state index contributed by atoms with van der Waals surface area (Å²) in [6.45, 7) is 3.02. The van der Waals surface area contributed by atoms with Crippen molar-refractivity contribution in [1.29, 1.82) is 0 Å². The van der Waals surface area contributed by atoms with Gasteiger partial charge in [-0.25, -0.2) is 13.8 Å². The van der Waals surface area contributed by atoms with Gasteiger partial charge in [0.15, 0.2) is 0 Å². The molecule has 0 aliphatic heterocycles. The number of methoxy groups -OCH3 is 1. The lowest BCUT2D eigenvalue weighted by Gasteiger charge is -2.23. The van der Waals surface area contributed by atoms with Crippen molar-refractivity contribution in [2.75, 3.05) is 29.5 Å². The number of nitrogens with zero attached hydrogens (tertiary/aromatic N) is 2. The van der Waals surface area contributed by atoms with Gasteiger partial charge in [0.25, 0.3) is 11.8 Å². The van der Waals surface area contributed by atoms with E-state index in [1.807, 2.05) is 13.0 Å². The number of hydrogen-bond acceptors (Lipinski definition) is 6. The van der Waals surface area contributed by atoms with Crippen LogP contribution in [0.5, 0.6) is 5.75 Å². The molecule has 36 heavy (non-hydrogen) atoms. The molecule has 2 amide bonds. The van der Waals surface area contributed by atoms with Gasteiger partial charge in [0.1, 0.15) is 12.3 Å². The van der Waals surface area contributed by atoms with E-state index in [9.17, 15) is 18.0 Å². The van der Waals surface area contributed by atoms with Crippen molar-refractivity contribution in [3.63, 3.8) is 0 Å². The molecular formula is C26H28N4O5S. The minimum atomic E-state index is -3.79. The quantitative estimate of drug-likeness (QED) is 0.339. The maximum Gasteiger partial charge on any atom is 0.260 e. The molecule has 0 bridgehead atoms. The Morgan fingerprint density at radius 1 is 0.972 bits per heavy atom. The largest absolute Gasteiger partial charge is 0.495 e. The van der Waals surface area contributed by atoms with E-state index < -0.39 is 22.5 Å². The number of hydrazone groups is 1. The predicted molar refractivity (Wildman–Crippen MR) is 141 cm³/mol. The van der Waals surface area contributed by atoms with Gasteiger partial charge in [-0.2, -0.15) is 5.10 Å². The number of ether oxygens (including phenoxy) is 1. The summed E-state index contributed by atoms with van der Waals surface area (Å²) >= 11 is 0. The van der Waals surface area contributed by atoms with Crippen LogP contribution in [-0.4, -0.2) is 45.9 Å². The molecular weight excluding hydrogens is 480 g/mol. The Morgan fingerprint density at radius 2 is 1.67 bits per heavy atom. The number of amides is 2. The van der Waals surface area contributed by atoms with Crippen molar-refractivity contribution in [3.05, 3.63) is 89.5 Å². The van der Waals surface area contributed by atoms with Crippen LogP contribution in [0.15, 0.2) is 77.9 Å². The van der Waals surface area contributed by atoms with Crippen molar-refractivity contribution in [3.8, 4) is 5.75 Å². The molecule has 3 aromatic carbocycles. The Bertz CT molecular complexity index is 1390. The highest BCUT2D eigenvalue weighted by Crippen LogP contribution is 2.30. The van der Waals surface area contributed by atoms with Crippen LogP contribution in [0.4, 0.5) is 11.4 Å². The SMILES string of the molecule is COc1ccc(C)cc1N(CC(=O)NN=C(C)c1cccc(NC(=O)c2ccccc2)c1)S(C)(=O)=O. The molecule has 10 heteroatoms. The van der Waals surface area contributed by atoms with Crippen LogP contribution < -0.4 is 19.8 Å². The maximum atomic E-state index is 12.6. The number of carbonyl (C=O) groups is 2. The Kier molecular flexibility index (Phi) is 8.44. The number of rotatable bonds is 9. The fraction of sp³-hybridized carbons (Fsp3) is 0.192. The lowest BCUT2D eigenvalue weighted by Crippen LogP contribution is -2.39. The van der Waals surface area contributed by atoms with Crippen molar-refractivity contribution >= 4 is 38.9 Å². The Labute approximate surface area is 210 Å². The Balaban J connectivity index is 1.73. The second-order valence-electron chi connectivity index (χ2n) is 8.08. The predicted octanol–water partition coefficient (Wildman–Crippen LogP) is 3.56. The third-order valence-electron chi connectivity index (χ3n) is 5.21. The number of nitrogens with one attached hydrogen (secondary N) is 2. The van der Waals surface area contributed by atoms with E-state index in [1.165, 1.54) is 7.11 Å². The molecule has 0 aliphatic rings. The van der Waals surface area contributed by atoms with E-state index in [0.717, 1.165) is 16.1 Å². The van der Waals surface area contributed by atoms with Crippen LogP contribution in [0.2, 0.25) is 0 Å². The molecule has 0 aliphatic carbocycles. The summed E-state index contributed by atoms with van der Waals surface area (Å²) in [7, 11) is -2.36. The molecule has 2 N–H and O–H groups in total. The van der Waals surface area contributed by atoms with Gasteiger partial charge in [-0.15, -0.1) is 0 Å². The molecule has 0 unspecified atom stereocenters. The van der Waals surface area contributed by atoms with Gasteiger partial charge in [-0.05, 0) is 61.4 Å². The first-order chi connectivity index (χ1) is 17.1. The number of carbonyl (C=O) groups excluding carboxylic acids is 2. The second-order valence-corrected chi connectivity index (χ2v) is 9.98. The summed E-state index contributed by atoms with van der Waals surface area (Å²) in [5, 5.41) is 6.94. The molecule has 9 nitrogen and oxygen atoms in total. The highest BCUT2D eigenvalue weighted by atomic mass is 32.2. The standard InChI is InChI=1S/C26H28N4O5S/c1-18-13-14-24(35-3)23(15-18)30(36(4,33)34)17-25(31)29-28-19(2)21-11-8-12-22(16-21)27-26(32)20-9-6-5-7-10-20/h5-16H,17H2,1-4H3,(H,27,32)(H,29,31). The number of anilines is 2. The zero-order valence-electron chi connectivity index (χ0n) is 20.5. The minimum Gasteiger partial charge on any atom is -0.495 e. The van der Waals surface area contributed by atoms with Crippen LogP contribution in [-0.2, 0) is 14.8 Å². The molecule has 3 rings (SSSR count). The highest BCUT2D eigenvalue weighted by molar-refractivity contribution is 7.92. The summed E-state index contributed by atoms with van der Waals surface area (Å²) in [5.41, 5.74) is 5.72. The topological polar surface area (TPSA) is 117 Å². The molecule has 0 aromatic heterocycles. The number of sulfonamides is 1. The Morgan fingerprint density at radius 3 is 2.33 bits per heavy atom. The minimum absolute atomic E-state index is 0.247. The van der Waals surface area contributed by atoms with E-state index in [4.69, 9.17) is 4.74 Å². The molecule has 0 saturated carbocycles. The van der Waals surface area contributed by atoms with Gasteiger partial charge >= 0.3 is 0 Å². The molecule has 3 aromatic rings. The highest BCUT2D eigenvalue weighted by Gasteiger charge is 2.24. The van der Waals surface area contributed by atoms with Crippen LogP contribution in [0.1, 0.15) is 28.4 Å². The number of hydrogen-bond donors (Lipinski definition) is 2. The van der Waals surface area contributed by atoms with E-state index in [1.54, 1.807) is 73.7 Å². The van der Waals surface area contributed by atoms with E-state index in [0.29, 0.717) is 28.3 Å². The van der Waals surface area contributed by atoms with Gasteiger partial charge in [0.05, 0.1) is 24.8 Å². The molecule has 0 spiro atoms. The monoisotopic (exact) mass is 508 g/mol. The summed E-state index contributed by atoms with van der Waals surface area (Å²) in [4.78, 5) is 25.1. The molecule has 188 valence electrons. The third-order valence-corrected chi connectivity index (χ3v) is 6.34. The van der Waals surface area contributed by atoms with Gasteiger partial charge in [0.2, 0.25) is 10.0 Å². The fourth-order valence-corrected chi connectivity index (χ4v) is 4.22. The van der Waals surface area contributed by atoms with E-state index in [-0.39, 0.29) is 11.6 Å². The maximum absolute atomic E-state index is 12.6. The lowest BCUT2D eigenvalue weighted by molar-refractivity contribution is -0.119. The summed E-state index contributed by atoms with van der Waals surface area (Å²) in [5.74, 6) is -0.548. The van der Waals surface area contributed by atoms with Crippen molar-refractivity contribution in [2.45, 2.75) is 13.8 Å². The van der Waals surface area contributed by atoms with Crippen molar-refractivity contribution < 1.29 is 22.7 Å². The fourth-order valence-electron chi connectivity index (χ4n) is 3.37. The van der Waals surface area contributed by atoms with Crippen LogP contribution >= 0.6 is 0 Å². The van der Waals surface area contributed by atoms with Crippen LogP contribution in [0.25, 0.3) is 0 Å². The van der Waals surface area contributed by atoms with Gasteiger partial charge in [-0.3, -0.25) is 13.9 Å². The number of aryl methyl sites for hydroxylation is 1. The van der Waals surface area contributed by atoms with Crippen LogP contribution in [0.3, 0.4) is 0 Å². The zero-order valence-corrected chi connectivity index (χ0v) is 21.3. The second kappa shape index (κ2) is 11.5. The summed E-state index contributed by atoms with van der Waals surface area (Å²) < 4.78 is 31.2. The summed E-state index contributed by atoms with van der Waals surface area (Å²) in [6.07, 6.45) is 1.02. The molecule has 0 heterocycles. The van der Waals surface area contributed by atoms with Crippen molar-refractivity contribution in [2.24, 2.45) is 5.10 Å². The molecule has 0 saturated heterocycles. The normalized spacial score (nSPS) is 11.5. The van der Waals surface area contributed by atoms with Crippen LogP contribution in [0, 0.1) is 6.92 Å². The molecule has 0 atom stereocenters. The molecule has 0 fully saturated rings. The number of benzene rings is 3. The average molecular weight is 509 g/mol. The van der Waals surface area contributed by atoms with Gasteiger partial charge < -0.3 is 10.1 Å².